The van der Waals surface area contributed by atoms with Crippen LogP contribution in [0, 0.1) is 17.9 Å². The van der Waals surface area contributed by atoms with Crippen LogP contribution < -0.4 is 26.2 Å². The number of nitrogens with zero attached hydrogens (tertiary/aromatic N) is 2. The summed E-state index contributed by atoms with van der Waals surface area (Å²) in [6.45, 7) is 34.9. The van der Waals surface area contributed by atoms with E-state index in [9.17, 15) is 19.2 Å². The van der Waals surface area contributed by atoms with Crippen LogP contribution in [-0.4, -0.2) is 56.9 Å². The fourth-order valence-corrected chi connectivity index (χ4v) is 11.0. The Bertz CT molecular complexity index is 2950. The molecule has 85 heavy (non-hydrogen) atoms. The van der Waals surface area contributed by atoms with Crippen molar-refractivity contribution in [3.63, 3.8) is 0 Å². The third-order valence-electron chi connectivity index (χ3n) is 12.3. The van der Waals surface area contributed by atoms with Gasteiger partial charge in [0.2, 0.25) is 23.0 Å². The largest absolute Gasteiger partial charge is 0.643 e. The number of rotatable bonds is 5. The van der Waals surface area contributed by atoms with Gasteiger partial charge in [0, 0.05) is 98.6 Å². The van der Waals surface area contributed by atoms with E-state index in [2.05, 4.69) is 277 Å². The Morgan fingerprint density at radius 1 is 0.612 bits per heavy atom. The maximum Gasteiger partial charge on any atom is 0.643 e. The number of amides is 3. The molecule has 5 aromatic rings. The molecule has 0 unspecified atom stereocenters. The highest BCUT2D eigenvalue weighted by Gasteiger charge is 2.38. The number of carbonyl (C=O) groups is 4. The third kappa shape index (κ3) is 33.5. The second kappa shape index (κ2) is 41.0. The number of nitrogens with two attached hydrogens (primary N) is 1. The molecule has 3 heterocycles. The van der Waals surface area contributed by atoms with Gasteiger partial charge in [0.25, 0.3) is 0 Å². The predicted octanol–water partition coefficient (Wildman–Crippen LogP) is 21.8. The molecule has 0 bridgehead atoms. The topological polar surface area (TPSA) is 125 Å². The quantitative estimate of drug-likeness (QED) is 0.0402. The number of anilines is 5. The Labute approximate surface area is 614 Å². The third-order valence-corrected chi connectivity index (χ3v) is 15.9. The SMILES string of the molecule is C.CC(C)=CC(=O)Cl.CC(C)=CC(=O)Nc1ccc(I)cc1.CC(C)I.CC(C)N1C(=O)CC(C)(C)c2cc(I)ccc21.CC(C)N1CCC(C)(C)c2cc(I)ccc21.CC1(C)CC(=O)Nc2ccc(I)cc21.Nc1ccc(I)cc1.[Cl][Al]([Cl])[Cl]. The first kappa shape index (κ1) is 84.3. The van der Waals surface area contributed by atoms with Gasteiger partial charge < -0.3 is 26.2 Å². The molecule has 0 radical (unpaired) electrons. The molecule has 9 nitrogen and oxygen atoms in total. The van der Waals surface area contributed by atoms with Crippen molar-refractivity contribution in [1.29, 1.82) is 0 Å². The van der Waals surface area contributed by atoms with Crippen LogP contribution in [0.3, 0.4) is 0 Å². The second-order valence-corrected chi connectivity index (χ2v) is 38.5. The van der Waals surface area contributed by atoms with Crippen LogP contribution in [0.1, 0.15) is 154 Å². The molecule has 3 aliphatic rings. The van der Waals surface area contributed by atoms with Crippen molar-refractivity contribution in [2.24, 2.45) is 0 Å². The maximum absolute atomic E-state index is 12.2. The van der Waals surface area contributed by atoms with Gasteiger partial charge in [-0.25, -0.2) is 30.1 Å². The highest BCUT2D eigenvalue weighted by molar-refractivity contribution is 14.1. The Hall–Kier alpha value is -0.668. The molecule has 0 saturated carbocycles. The van der Waals surface area contributed by atoms with Crippen LogP contribution in [-0.2, 0) is 35.4 Å². The summed E-state index contributed by atoms with van der Waals surface area (Å²) in [7, 11) is 14.8. The average molecular weight is 1930 g/mol. The molecule has 0 aliphatic carbocycles. The van der Waals surface area contributed by atoms with E-state index >= 15 is 0 Å². The van der Waals surface area contributed by atoms with E-state index in [1.165, 1.54) is 55.7 Å². The second-order valence-electron chi connectivity index (χ2n) is 23.0. The number of nitrogens with one attached hydrogen (secondary N) is 2. The Morgan fingerprint density at radius 2 is 1.01 bits per heavy atom. The van der Waals surface area contributed by atoms with E-state index in [1.54, 1.807) is 6.08 Å². The number of fused-ring (bicyclic) bond motifs is 3. The van der Waals surface area contributed by atoms with Crippen LogP contribution in [0.25, 0.3) is 0 Å². The molecule has 0 fully saturated rings. The number of hydrogen-bond acceptors (Lipinski definition) is 6. The minimum atomic E-state index is -1.72. The Morgan fingerprint density at radius 3 is 1.42 bits per heavy atom. The van der Waals surface area contributed by atoms with Crippen molar-refractivity contribution in [2.45, 2.75) is 170 Å². The average Bonchev–Trinajstić information content (AvgIpc) is 1.98. The van der Waals surface area contributed by atoms with Gasteiger partial charge in [-0.3, -0.25) is 19.2 Å². The fraction of sp³-hybridized carbons (Fsp3) is 0.415. The molecular formula is C65H86AlCl4I6N5O4. The maximum atomic E-state index is 12.2. The molecule has 3 amide bonds. The van der Waals surface area contributed by atoms with E-state index in [0.29, 0.717) is 24.3 Å². The van der Waals surface area contributed by atoms with Gasteiger partial charge in [-0.2, -0.15) is 0 Å². The van der Waals surface area contributed by atoms with Gasteiger partial charge in [0.05, 0.1) is 0 Å². The first-order valence-corrected chi connectivity index (χ1v) is 39.4. The van der Waals surface area contributed by atoms with Crippen LogP contribution in [0.4, 0.5) is 28.4 Å². The van der Waals surface area contributed by atoms with Crippen molar-refractivity contribution in [3.8, 4) is 0 Å². The van der Waals surface area contributed by atoms with Gasteiger partial charge in [-0.15, -0.1) is 0 Å². The van der Waals surface area contributed by atoms with E-state index < -0.39 is 16.6 Å². The molecule has 20 heteroatoms. The van der Waals surface area contributed by atoms with Crippen LogP contribution in [0.2, 0.25) is 0 Å². The number of hydrogen-bond donors (Lipinski definition) is 3. The van der Waals surface area contributed by atoms with Crippen molar-refractivity contribution in [1.82, 2.24) is 0 Å². The van der Waals surface area contributed by atoms with Crippen LogP contribution in [0.15, 0.2) is 126 Å². The molecule has 0 aromatic heterocycles. The zero-order valence-corrected chi connectivity index (χ0v) is 68.1. The lowest BCUT2D eigenvalue weighted by Crippen LogP contribution is -2.45. The van der Waals surface area contributed by atoms with Gasteiger partial charge in [0.1, 0.15) is 0 Å². The van der Waals surface area contributed by atoms with E-state index in [-0.39, 0.29) is 42.0 Å². The van der Waals surface area contributed by atoms with Crippen molar-refractivity contribution in [2.75, 3.05) is 32.7 Å². The van der Waals surface area contributed by atoms with E-state index in [1.807, 2.05) is 93.3 Å². The first-order valence-electron chi connectivity index (χ1n) is 27.1. The monoisotopic (exact) mass is 1930 g/mol. The summed E-state index contributed by atoms with van der Waals surface area (Å²) in [5.74, 6) is 0.272. The summed E-state index contributed by atoms with van der Waals surface area (Å²) < 4.78 is 6.96. The minimum absolute atomic E-state index is 0. The number of halogens is 10. The highest BCUT2D eigenvalue weighted by atomic mass is 127. The van der Waals surface area contributed by atoms with Crippen molar-refractivity contribution >= 4 is 240 Å². The number of alkyl halides is 1. The standard InChI is InChI=1S/C14H18INO.C14H20IN.2C11H12INO.C6H6IN.C5H7ClO.C3H7I.CH4.Al.3ClH/c1-9(2)16-12-6-5-10(15)7-11(12)14(3,4)8-13(16)17;1-10(2)16-8-7-14(3,4)12-9-11(15)5-6-13(12)16;1-11(2)6-10(14)13-9-4-3-7(12)5-8(9)11;1-8(2)7-11(14)13-10-5-3-9(12)4-6-10;7-5-1-3-6(8)4-2-5;1-4(2)3-5(6)7;1-3(2)4;;;;;/h5-7,9H,8H2,1-4H3;5-6,9-10H,7-8H2,1-4H3;3-5H,6H2,1-2H3,(H,13,14);3-7H,1-2H3,(H,13,14);1-4H,8H2;3H,1-2H3;3H,1-2H3;1H4;;3*1H/q;;;;;;;;+3;;;/p-3. The molecule has 468 valence electrons. The molecule has 5 aromatic carbocycles. The lowest BCUT2D eigenvalue weighted by Gasteiger charge is -2.42. The summed E-state index contributed by atoms with van der Waals surface area (Å²) in [5, 5.41) is 5.28. The Balaban J connectivity index is 0.000000987. The summed E-state index contributed by atoms with van der Waals surface area (Å²) in [5.41, 5.74) is 16.7. The summed E-state index contributed by atoms with van der Waals surface area (Å²) in [4.78, 5) is 49.3. The Kier molecular flexibility index (Phi) is 40.7. The molecule has 4 N–H and O–H groups in total. The normalized spacial score (nSPS) is 14.1. The zero-order chi connectivity index (χ0) is 64.6. The molecule has 0 spiro atoms. The first-order chi connectivity index (χ1) is 38.7. The lowest BCUT2D eigenvalue weighted by molar-refractivity contribution is -0.120. The van der Waals surface area contributed by atoms with Gasteiger partial charge in [-0.05, 0) is 318 Å². The molecule has 3 aliphatic heterocycles. The molecular weight excluding hydrogens is 1840 g/mol. The number of allylic oxidation sites excluding steroid dienone is 3. The van der Waals surface area contributed by atoms with Gasteiger partial charge in [0.15, 0.2) is 0 Å². The minimum Gasteiger partial charge on any atom is -0.399 e. The van der Waals surface area contributed by atoms with Crippen LogP contribution in [0.5, 0.6) is 0 Å². The predicted molar refractivity (Wildman–Crippen MR) is 424 cm³/mol. The van der Waals surface area contributed by atoms with Gasteiger partial charge >= 0.3 is 11.4 Å². The summed E-state index contributed by atoms with van der Waals surface area (Å²) >= 11 is 17.1. The van der Waals surface area contributed by atoms with E-state index in [4.69, 9.17) is 47.5 Å². The molecule has 0 saturated heterocycles. The summed E-state index contributed by atoms with van der Waals surface area (Å²) in [6.07, 6.45) is 5.37. The van der Waals surface area contributed by atoms with Crippen LogP contribution >= 0.6 is 177 Å². The fourth-order valence-electron chi connectivity index (χ4n) is 8.55. The molecule has 0 atom stereocenters. The van der Waals surface area contributed by atoms with Gasteiger partial charge in [-0.1, -0.05) is 96.6 Å². The highest BCUT2D eigenvalue weighted by Crippen LogP contribution is 2.43. The zero-order valence-electron chi connectivity index (χ0n) is 51.0. The smallest absolute Gasteiger partial charge is 0.399 e. The number of carbonyl (C=O) groups excluding carboxylic acids is 4. The summed E-state index contributed by atoms with van der Waals surface area (Å²) in [6, 6.07) is 35.6. The number of benzene rings is 5. The number of nitrogen functional groups attached to an aromatic ring is 1. The van der Waals surface area contributed by atoms with Crippen molar-refractivity contribution in [3.05, 3.63) is 161 Å². The van der Waals surface area contributed by atoms with E-state index in [0.717, 1.165) is 41.4 Å². The molecule has 8 rings (SSSR count). The lowest BCUT2D eigenvalue weighted by atomic mass is 9.77. The van der Waals surface area contributed by atoms with Crippen molar-refractivity contribution < 1.29 is 19.2 Å².